The summed E-state index contributed by atoms with van der Waals surface area (Å²) in [5.41, 5.74) is 9.98. The number of aliphatic hydroxyl groups excluding tert-OH is 1. The molecule has 0 heterocycles. The summed E-state index contributed by atoms with van der Waals surface area (Å²) in [7, 11) is 0. The Labute approximate surface area is 127 Å². The molecular formula is C17H26ClNO. The van der Waals surface area contributed by atoms with Crippen molar-refractivity contribution in [1.29, 1.82) is 0 Å². The van der Waals surface area contributed by atoms with Crippen molar-refractivity contribution in [3.05, 3.63) is 33.8 Å². The number of hydrogen-bond acceptors (Lipinski definition) is 2. The summed E-state index contributed by atoms with van der Waals surface area (Å²) >= 11 is 6.37. The Bertz CT molecular complexity index is 447. The predicted octanol–water partition coefficient (Wildman–Crippen LogP) is 3.64. The fourth-order valence-electron chi connectivity index (χ4n) is 3.04. The van der Waals surface area contributed by atoms with Crippen molar-refractivity contribution in [3.63, 3.8) is 0 Å². The lowest BCUT2D eigenvalue weighted by molar-refractivity contribution is 0.131. The van der Waals surface area contributed by atoms with Gasteiger partial charge in [-0.25, -0.2) is 0 Å². The van der Waals surface area contributed by atoms with Crippen LogP contribution in [0.3, 0.4) is 0 Å². The van der Waals surface area contributed by atoms with Crippen molar-refractivity contribution >= 4 is 11.6 Å². The zero-order valence-electron chi connectivity index (χ0n) is 12.4. The van der Waals surface area contributed by atoms with Crippen molar-refractivity contribution in [3.8, 4) is 0 Å². The van der Waals surface area contributed by atoms with Gasteiger partial charge in [-0.1, -0.05) is 31.0 Å². The van der Waals surface area contributed by atoms with Crippen molar-refractivity contribution in [2.45, 2.75) is 70.4 Å². The SMILES string of the molecule is CCCC(N)C(O)CCc1cc2c(cc1Cl)CCCC2. The Morgan fingerprint density at radius 2 is 1.85 bits per heavy atom. The van der Waals surface area contributed by atoms with E-state index in [9.17, 15) is 5.11 Å². The van der Waals surface area contributed by atoms with E-state index in [4.69, 9.17) is 17.3 Å². The molecule has 0 bridgehead atoms. The highest BCUT2D eigenvalue weighted by Crippen LogP contribution is 2.28. The van der Waals surface area contributed by atoms with Gasteiger partial charge in [-0.15, -0.1) is 0 Å². The molecule has 1 aliphatic rings. The highest BCUT2D eigenvalue weighted by Gasteiger charge is 2.16. The maximum atomic E-state index is 10.1. The molecule has 0 radical (unpaired) electrons. The zero-order chi connectivity index (χ0) is 14.5. The molecule has 0 saturated heterocycles. The molecule has 2 rings (SSSR count). The molecule has 1 aliphatic carbocycles. The summed E-state index contributed by atoms with van der Waals surface area (Å²) in [6.07, 6.45) is 7.82. The van der Waals surface area contributed by atoms with Crippen molar-refractivity contribution in [2.24, 2.45) is 5.73 Å². The van der Waals surface area contributed by atoms with E-state index in [2.05, 4.69) is 19.1 Å². The number of fused-ring (bicyclic) bond motifs is 1. The predicted molar refractivity (Wildman–Crippen MR) is 85.3 cm³/mol. The van der Waals surface area contributed by atoms with E-state index in [0.29, 0.717) is 6.42 Å². The van der Waals surface area contributed by atoms with Gasteiger partial charge in [0.2, 0.25) is 0 Å². The molecule has 1 aromatic rings. The average molecular weight is 296 g/mol. The molecule has 112 valence electrons. The molecule has 2 unspecified atom stereocenters. The zero-order valence-corrected chi connectivity index (χ0v) is 13.1. The van der Waals surface area contributed by atoms with Crippen LogP contribution in [-0.2, 0) is 19.3 Å². The van der Waals surface area contributed by atoms with E-state index in [-0.39, 0.29) is 6.04 Å². The lowest BCUT2D eigenvalue weighted by Gasteiger charge is -2.20. The van der Waals surface area contributed by atoms with Gasteiger partial charge >= 0.3 is 0 Å². The number of aliphatic hydroxyl groups is 1. The lowest BCUT2D eigenvalue weighted by Crippen LogP contribution is -2.34. The Hall–Kier alpha value is -0.570. The minimum Gasteiger partial charge on any atom is -0.392 e. The summed E-state index contributed by atoms with van der Waals surface area (Å²) < 4.78 is 0. The van der Waals surface area contributed by atoms with E-state index in [1.54, 1.807) is 0 Å². The van der Waals surface area contributed by atoms with E-state index >= 15 is 0 Å². The first-order chi connectivity index (χ1) is 9.61. The highest BCUT2D eigenvalue weighted by atomic mass is 35.5. The minimum atomic E-state index is -0.429. The third-order valence-electron chi connectivity index (χ3n) is 4.34. The van der Waals surface area contributed by atoms with Crippen LogP contribution in [0.5, 0.6) is 0 Å². The Balaban J connectivity index is 1.99. The Kier molecular flexibility index (Phi) is 5.88. The van der Waals surface area contributed by atoms with Gasteiger partial charge in [0.05, 0.1) is 6.10 Å². The van der Waals surface area contributed by atoms with E-state index in [1.807, 2.05) is 0 Å². The topological polar surface area (TPSA) is 46.2 Å². The van der Waals surface area contributed by atoms with E-state index in [0.717, 1.165) is 42.7 Å². The number of hydrogen-bond donors (Lipinski definition) is 2. The first-order valence-electron chi connectivity index (χ1n) is 7.85. The van der Waals surface area contributed by atoms with Gasteiger partial charge in [-0.05, 0) is 67.7 Å². The summed E-state index contributed by atoms with van der Waals surface area (Å²) in [4.78, 5) is 0. The summed E-state index contributed by atoms with van der Waals surface area (Å²) in [5, 5.41) is 10.9. The number of rotatable bonds is 6. The number of halogens is 1. The molecule has 0 spiro atoms. The molecule has 2 atom stereocenters. The minimum absolute atomic E-state index is 0.114. The average Bonchev–Trinajstić information content (AvgIpc) is 2.45. The molecule has 2 nitrogen and oxygen atoms in total. The number of aryl methyl sites for hydroxylation is 3. The summed E-state index contributed by atoms with van der Waals surface area (Å²) in [6, 6.07) is 4.26. The fourth-order valence-corrected chi connectivity index (χ4v) is 3.32. The largest absolute Gasteiger partial charge is 0.392 e. The van der Waals surface area contributed by atoms with Gasteiger partial charge < -0.3 is 10.8 Å². The van der Waals surface area contributed by atoms with Gasteiger partial charge in [0.1, 0.15) is 0 Å². The fraction of sp³-hybridized carbons (Fsp3) is 0.647. The molecular weight excluding hydrogens is 270 g/mol. The monoisotopic (exact) mass is 295 g/mol. The van der Waals surface area contributed by atoms with Crippen LogP contribution in [0.25, 0.3) is 0 Å². The molecule has 20 heavy (non-hydrogen) atoms. The normalized spacial score (nSPS) is 17.6. The lowest BCUT2D eigenvalue weighted by atomic mass is 9.89. The van der Waals surface area contributed by atoms with E-state index < -0.39 is 6.10 Å². The second-order valence-electron chi connectivity index (χ2n) is 5.98. The van der Waals surface area contributed by atoms with Gasteiger partial charge in [-0.3, -0.25) is 0 Å². The first kappa shape index (κ1) is 15.8. The van der Waals surface area contributed by atoms with Gasteiger partial charge in [0.25, 0.3) is 0 Å². The third-order valence-corrected chi connectivity index (χ3v) is 4.69. The van der Waals surface area contributed by atoms with Crippen LogP contribution in [-0.4, -0.2) is 17.3 Å². The molecule has 0 aliphatic heterocycles. The quantitative estimate of drug-likeness (QED) is 0.841. The summed E-state index contributed by atoms with van der Waals surface area (Å²) in [5.74, 6) is 0. The van der Waals surface area contributed by atoms with Crippen LogP contribution >= 0.6 is 11.6 Å². The smallest absolute Gasteiger partial charge is 0.0694 e. The van der Waals surface area contributed by atoms with Crippen LogP contribution in [0.4, 0.5) is 0 Å². The molecule has 1 aromatic carbocycles. The highest BCUT2D eigenvalue weighted by molar-refractivity contribution is 6.31. The second-order valence-corrected chi connectivity index (χ2v) is 6.39. The van der Waals surface area contributed by atoms with Gasteiger partial charge in [-0.2, -0.15) is 0 Å². The molecule has 3 heteroatoms. The molecule has 0 amide bonds. The Morgan fingerprint density at radius 1 is 1.20 bits per heavy atom. The van der Waals surface area contributed by atoms with Crippen LogP contribution in [0.15, 0.2) is 12.1 Å². The number of nitrogens with two attached hydrogens (primary N) is 1. The van der Waals surface area contributed by atoms with Crippen molar-refractivity contribution in [1.82, 2.24) is 0 Å². The maximum absolute atomic E-state index is 10.1. The molecule has 0 aromatic heterocycles. The number of benzene rings is 1. The second kappa shape index (κ2) is 7.44. The van der Waals surface area contributed by atoms with Gasteiger partial charge in [0.15, 0.2) is 0 Å². The molecule has 0 fully saturated rings. The van der Waals surface area contributed by atoms with Crippen LogP contribution in [0.1, 0.15) is 55.7 Å². The summed E-state index contributed by atoms with van der Waals surface area (Å²) in [6.45, 7) is 2.09. The van der Waals surface area contributed by atoms with Crippen LogP contribution in [0.2, 0.25) is 5.02 Å². The van der Waals surface area contributed by atoms with Crippen LogP contribution in [0, 0.1) is 0 Å². The molecule has 3 N–H and O–H groups in total. The van der Waals surface area contributed by atoms with E-state index in [1.165, 1.54) is 24.0 Å². The van der Waals surface area contributed by atoms with Gasteiger partial charge in [0, 0.05) is 11.1 Å². The maximum Gasteiger partial charge on any atom is 0.0694 e. The van der Waals surface area contributed by atoms with Crippen LogP contribution < -0.4 is 5.73 Å². The third kappa shape index (κ3) is 3.97. The Morgan fingerprint density at radius 3 is 2.50 bits per heavy atom. The first-order valence-corrected chi connectivity index (χ1v) is 8.23. The molecule has 0 saturated carbocycles. The standard InChI is InChI=1S/C17H26ClNO/c1-2-5-16(19)17(20)9-8-14-10-12-6-3-4-7-13(12)11-15(14)18/h10-11,16-17,20H,2-9,19H2,1H3. The van der Waals surface area contributed by atoms with Crippen molar-refractivity contribution in [2.75, 3.05) is 0 Å². The van der Waals surface area contributed by atoms with Crippen molar-refractivity contribution < 1.29 is 5.11 Å².